The van der Waals surface area contributed by atoms with E-state index in [9.17, 15) is 9.90 Å². The normalized spacial score (nSPS) is 20.5. The molecule has 1 saturated carbocycles. The largest absolute Gasteiger partial charge is 0.462 e. The minimum absolute atomic E-state index is 0.243. The van der Waals surface area contributed by atoms with Crippen molar-refractivity contribution in [3.63, 3.8) is 0 Å². The summed E-state index contributed by atoms with van der Waals surface area (Å²) in [6.45, 7) is 1.88. The third-order valence-corrected chi connectivity index (χ3v) is 2.99. The van der Waals surface area contributed by atoms with E-state index in [0.29, 0.717) is 25.7 Å². The third kappa shape index (κ3) is 2.61. The summed E-state index contributed by atoms with van der Waals surface area (Å²) in [5, 5.41) is 10.2. The van der Waals surface area contributed by atoms with E-state index < -0.39 is 5.60 Å². The van der Waals surface area contributed by atoms with Crippen LogP contribution in [0.1, 0.15) is 37.2 Å². The van der Waals surface area contributed by atoms with Crippen LogP contribution < -0.4 is 0 Å². The highest BCUT2D eigenvalue weighted by molar-refractivity contribution is 5.79. The van der Waals surface area contributed by atoms with Crippen LogP contribution in [0.4, 0.5) is 0 Å². The maximum Gasteiger partial charge on any atom is 0.133 e. The zero-order valence-corrected chi connectivity index (χ0v) is 9.40. The minimum Gasteiger partial charge on any atom is -0.462 e. The summed E-state index contributed by atoms with van der Waals surface area (Å²) >= 11 is 0. The van der Waals surface area contributed by atoms with Crippen molar-refractivity contribution in [2.75, 3.05) is 0 Å². The molecule has 3 heteroatoms. The predicted molar refractivity (Wildman–Crippen MR) is 60.9 cm³/mol. The number of ketones is 1. The van der Waals surface area contributed by atoms with Gasteiger partial charge >= 0.3 is 0 Å². The van der Waals surface area contributed by atoms with Gasteiger partial charge in [0.25, 0.3) is 0 Å². The molecule has 0 aliphatic heterocycles. The van der Waals surface area contributed by atoms with Gasteiger partial charge in [0.05, 0.1) is 5.60 Å². The Morgan fingerprint density at radius 2 is 2.06 bits per heavy atom. The fourth-order valence-electron chi connectivity index (χ4n) is 1.91. The molecule has 0 radical (unpaired) electrons. The Morgan fingerprint density at radius 3 is 2.62 bits per heavy atom. The van der Waals surface area contributed by atoms with E-state index >= 15 is 0 Å². The number of rotatable bonds is 2. The van der Waals surface area contributed by atoms with E-state index in [2.05, 4.69) is 0 Å². The van der Waals surface area contributed by atoms with Crippen LogP contribution in [-0.4, -0.2) is 16.5 Å². The molecule has 16 heavy (non-hydrogen) atoms. The number of hydrogen-bond acceptors (Lipinski definition) is 3. The van der Waals surface area contributed by atoms with Crippen LogP contribution >= 0.6 is 0 Å². The summed E-state index contributed by atoms with van der Waals surface area (Å²) in [5.74, 6) is 1.83. The Bertz CT molecular complexity index is 405. The first-order valence-electron chi connectivity index (χ1n) is 5.57. The average molecular weight is 220 g/mol. The van der Waals surface area contributed by atoms with E-state index in [0.717, 1.165) is 11.5 Å². The molecular weight excluding hydrogens is 204 g/mol. The lowest BCUT2D eigenvalue weighted by molar-refractivity contribution is -0.123. The maximum atomic E-state index is 11.1. The Labute approximate surface area is 94.8 Å². The van der Waals surface area contributed by atoms with Gasteiger partial charge < -0.3 is 9.52 Å². The molecule has 0 spiro atoms. The molecule has 1 aromatic heterocycles. The lowest BCUT2D eigenvalue weighted by Crippen LogP contribution is -2.31. The Morgan fingerprint density at radius 1 is 1.38 bits per heavy atom. The van der Waals surface area contributed by atoms with Crippen molar-refractivity contribution in [1.29, 1.82) is 0 Å². The van der Waals surface area contributed by atoms with Crippen LogP contribution in [0.2, 0.25) is 0 Å². The van der Waals surface area contributed by atoms with E-state index in [4.69, 9.17) is 4.42 Å². The molecule has 1 N–H and O–H groups in total. The van der Waals surface area contributed by atoms with E-state index in [-0.39, 0.29) is 5.78 Å². The molecule has 1 aliphatic rings. The molecule has 0 aromatic carbocycles. The standard InChI is InChI=1S/C13H16O3/c1-10-2-3-12(16-10)6-9-13(15)7-4-11(14)5-8-13/h2-3,6,9,15H,4-5,7-8H2,1H3/b9-6+. The topological polar surface area (TPSA) is 50.4 Å². The third-order valence-electron chi connectivity index (χ3n) is 2.99. The Kier molecular flexibility index (Phi) is 2.97. The smallest absolute Gasteiger partial charge is 0.133 e. The molecule has 1 aliphatic carbocycles. The van der Waals surface area contributed by atoms with Crippen LogP contribution in [0, 0.1) is 6.92 Å². The Hall–Kier alpha value is -1.35. The van der Waals surface area contributed by atoms with Gasteiger partial charge in [0.1, 0.15) is 17.3 Å². The van der Waals surface area contributed by atoms with Crippen molar-refractivity contribution in [2.24, 2.45) is 0 Å². The van der Waals surface area contributed by atoms with E-state index in [1.807, 2.05) is 19.1 Å². The van der Waals surface area contributed by atoms with Crippen LogP contribution in [0.25, 0.3) is 6.08 Å². The summed E-state index contributed by atoms with van der Waals surface area (Å²) in [7, 11) is 0. The number of aryl methyl sites for hydroxylation is 1. The lowest BCUT2D eigenvalue weighted by atomic mass is 9.84. The summed E-state index contributed by atoms with van der Waals surface area (Å²) in [4.78, 5) is 11.1. The molecule has 0 atom stereocenters. The summed E-state index contributed by atoms with van der Waals surface area (Å²) < 4.78 is 5.38. The zero-order chi connectivity index (χ0) is 11.6. The van der Waals surface area contributed by atoms with Gasteiger partial charge in [-0.2, -0.15) is 0 Å². The number of carbonyl (C=O) groups is 1. The number of hydrogen-bond donors (Lipinski definition) is 1. The molecule has 2 rings (SSSR count). The van der Waals surface area contributed by atoms with Crippen LogP contribution in [0.3, 0.4) is 0 Å². The first-order valence-corrected chi connectivity index (χ1v) is 5.57. The first-order chi connectivity index (χ1) is 7.57. The van der Waals surface area contributed by atoms with Gasteiger partial charge in [0.15, 0.2) is 0 Å². The van der Waals surface area contributed by atoms with Gasteiger partial charge in [-0.05, 0) is 44.1 Å². The van der Waals surface area contributed by atoms with E-state index in [1.54, 1.807) is 12.2 Å². The maximum absolute atomic E-state index is 11.1. The number of aliphatic hydroxyl groups is 1. The highest BCUT2D eigenvalue weighted by atomic mass is 16.3. The van der Waals surface area contributed by atoms with Gasteiger partial charge in [0, 0.05) is 12.8 Å². The fraction of sp³-hybridized carbons (Fsp3) is 0.462. The van der Waals surface area contributed by atoms with Crippen molar-refractivity contribution in [2.45, 2.75) is 38.2 Å². The van der Waals surface area contributed by atoms with Crippen molar-refractivity contribution in [1.82, 2.24) is 0 Å². The van der Waals surface area contributed by atoms with Crippen molar-refractivity contribution in [3.8, 4) is 0 Å². The molecule has 86 valence electrons. The first kappa shape index (κ1) is 11.1. The number of Topliss-reactive ketones (excluding diaryl/α,β-unsaturated/α-hetero) is 1. The molecule has 0 unspecified atom stereocenters. The predicted octanol–water partition coefficient (Wildman–Crippen LogP) is 2.48. The number of carbonyl (C=O) groups excluding carboxylic acids is 1. The molecule has 1 aromatic rings. The van der Waals surface area contributed by atoms with Gasteiger partial charge in [-0.3, -0.25) is 4.79 Å². The molecule has 1 fully saturated rings. The number of furan rings is 1. The van der Waals surface area contributed by atoms with Gasteiger partial charge in [-0.25, -0.2) is 0 Å². The average Bonchev–Trinajstić information content (AvgIpc) is 2.67. The second-order valence-corrected chi connectivity index (χ2v) is 4.42. The summed E-state index contributed by atoms with van der Waals surface area (Å²) in [6, 6.07) is 3.75. The lowest BCUT2D eigenvalue weighted by Gasteiger charge is -2.27. The van der Waals surface area contributed by atoms with Crippen molar-refractivity contribution < 1.29 is 14.3 Å². The molecular formula is C13H16O3. The van der Waals surface area contributed by atoms with Crippen LogP contribution in [0.5, 0.6) is 0 Å². The van der Waals surface area contributed by atoms with Gasteiger partial charge in [-0.15, -0.1) is 0 Å². The highest BCUT2D eigenvalue weighted by Crippen LogP contribution is 2.28. The van der Waals surface area contributed by atoms with Gasteiger partial charge in [-0.1, -0.05) is 0 Å². The SMILES string of the molecule is Cc1ccc(/C=C/C2(O)CCC(=O)CC2)o1. The molecule has 0 bridgehead atoms. The second kappa shape index (κ2) is 4.26. The molecule has 1 heterocycles. The quantitative estimate of drug-likeness (QED) is 0.833. The Balaban J connectivity index is 2.03. The van der Waals surface area contributed by atoms with Crippen LogP contribution in [-0.2, 0) is 4.79 Å². The second-order valence-electron chi connectivity index (χ2n) is 4.42. The molecule has 0 amide bonds. The molecule has 0 saturated heterocycles. The zero-order valence-electron chi connectivity index (χ0n) is 9.40. The summed E-state index contributed by atoms with van der Waals surface area (Å²) in [6.07, 6.45) is 5.50. The highest BCUT2D eigenvalue weighted by Gasteiger charge is 2.29. The van der Waals surface area contributed by atoms with Crippen LogP contribution in [0.15, 0.2) is 22.6 Å². The van der Waals surface area contributed by atoms with E-state index in [1.165, 1.54) is 0 Å². The monoisotopic (exact) mass is 220 g/mol. The minimum atomic E-state index is -0.839. The van der Waals surface area contributed by atoms with Crippen molar-refractivity contribution >= 4 is 11.9 Å². The van der Waals surface area contributed by atoms with Gasteiger partial charge in [0.2, 0.25) is 0 Å². The summed E-state index contributed by atoms with van der Waals surface area (Å²) in [5.41, 5.74) is -0.839. The fourth-order valence-corrected chi connectivity index (χ4v) is 1.91. The molecule has 3 nitrogen and oxygen atoms in total. The van der Waals surface area contributed by atoms with Crippen molar-refractivity contribution in [3.05, 3.63) is 29.7 Å².